The molecule has 1 aromatic heterocycles. The normalized spacial score (nSPS) is 17.4. The summed E-state index contributed by atoms with van der Waals surface area (Å²) in [7, 11) is 1.45. The van der Waals surface area contributed by atoms with Crippen molar-refractivity contribution in [2.45, 2.75) is 25.1 Å². The van der Waals surface area contributed by atoms with Gasteiger partial charge in [-0.2, -0.15) is 0 Å². The number of ether oxygens (including phenoxy) is 1. The number of halogens is 3. The number of fused-ring (bicyclic) bond motifs is 1. The number of hydrogen-bond acceptors (Lipinski definition) is 4. The predicted octanol–water partition coefficient (Wildman–Crippen LogP) is 5.13. The smallest absolute Gasteiger partial charge is 0.255 e. The van der Waals surface area contributed by atoms with Gasteiger partial charge >= 0.3 is 0 Å². The number of pyridine rings is 1. The number of nitrogens with zero attached hydrogens (tertiary/aromatic N) is 2. The number of aliphatic hydroxyl groups is 1. The highest BCUT2D eigenvalue weighted by Gasteiger charge is 2.41. The Balaban J connectivity index is 1.83. The highest BCUT2D eigenvalue weighted by molar-refractivity contribution is 6.30. The fourth-order valence-electron chi connectivity index (χ4n) is 4.01. The molecule has 0 saturated carbocycles. The monoisotopic (exact) mass is 474 g/mol. The maximum Gasteiger partial charge on any atom is 0.255 e. The summed E-state index contributed by atoms with van der Waals surface area (Å²) in [5, 5.41) is 11.7. The Morgan fingerprint density at radius 1 is 1.16 bits per heavy atom. The van der Waals surface area contributed by atoms with Crippen LogP contribution in [0, 0.1) is 5.82 Å². The Morgan fingerprint density at radius 3 is 2.47 bits per heavy atom. The van der Waals surface area contributed by atoms with Crippen LogP contribution in [0.4, 0.5) is 4.39 Å². The predicted molar refractivity (Wildman–Crippen MR) is 120 cm³/mol. The van der Waals surface area contributed by atoms with Crippen molar-refractivity contribution < 1.29 is 19.0 Å². The zero-order chi connectivity index (χ0) is 23.0. The Hall–Kier alpha value is -2.51. The van der Waals surface area contributed by atoms with Gasteiger partial charge in [0.2, 0.25) is 0 Å². The molecule has 0 bridgehead atoms. The third-order valence-corrected chi connectivity index (χ3v) is 6.04. The molecule has 1 aliphatic heterocycles. The fraction of sp³-hybridized carbons (Fsp3) is 0.250. The number of amides is 1. The zero-order valence-corrected chi connectivity index (χ0v) is 19.0. The Bertz CT molecular complexity index is 1150. The maximum absolute atomic E-state index is 15.5. The van der Waals surface area contributed by atoms with Crippen molar-refractivity contribution >= 4 is 29.1 Å². The van der Waals surface area contributed by atoms with Crippen molar-refractivity contribution in [3.63, 3.8) is 0 Å². The van der Waals surface area contributed by atoms with E-state index in [9.17, 15) is 9.90 Å². The first-order chi connectivity index (χ1) is 15.2. The molecule has 0 fully saturated rings. The van der Waals surface area contributed by atoms with Crippen LogP contribution in [-0.2, 0) is 16.9 Å². The molecule has 3 aromatic rings. The van der Waals surface area contributed by atoms with E-state index in [1.54, 1.807) is 41.3 Å². The molecule has 2 atom stereocenters. The van der Waals surface area contributed by atoms with Crippen LogP contribution in [0.1, 0.15) is 45.7 Å². The van der Waals surface area contributed by atoms with E-state index >= 15 is 4.39 Å². The number of carbonyl (C=O) groups is 1. The average molecular weight is 475 g/mol. The number of methoxy groups -OCH3 is 1. The summed E-state index contributed by atoms with van der Waals surface area (Å²) in [5.74, 6) is -0.931. The number of aromatic nitrogens is 1. The minimum Gasteiger partial charge on any atom is -0.383 e. The molecule has 1 N–H and O–H groups in total. The van der Waals surface area contributed by atoms with Crippen LogP contribution in [0.3, 0.4) is 0 Å². The summed E-state index contributed by atoms with van der Waals surface area (Å²) in [6, 6.07) is 12.5. The highest BCUT2D eigenvalue weighted by Crippen LogP contribution is 2.42. The second-order valence-electron chi connectivity index (χ2n) is 7.98. The van der Waals surface area contributed by atoms with Crippen molar-refractivity contribution in [3.8, 4) is 0 Å². The third kappa shape index (κ3) is 4.24. The van der Waals surface area contributed by atoms with Gasteiger partial charge in [-0.05, 0) is 54.4 Å². The van der Waals surface area contributed by atoms with Crippen LogP contribution < -0.4 is 0 Å². The minimum atomic E-state index is -1.45. The van der Waals surface area contributed by atoms with E-state index in [1.165, 1.54) is 32.4 Å². The summed E-state index contributed by atoms with van der Waals surface area (Å²) >= 11 is 12.0. The second kappa shape index (κ2) is 8.79. The van der Waals surface area contributed by atoms with Gasteiger partial charge in [0.15, 0.2) is 0 Å². The SMILES string of the molecule is COCC(C)(O)c1cc(F)c2c(c1)C(=O)N(Cc1ccc(Cl)cn1)C2c1ccc(Cl)cc1. The topological polar surface area (TPSA) is 62.7 Å². The van der Waals surface area contributed by atoms with Crippen LogP contribution in [0.2, 0.25) is 10.0 Å². The lowest BCUT2D eigenvalue weighted by molar-refractivity contribution is -0.0210. The molecule has 4 rings (SSSR count). The van der Waals surface area contributed by atoms with Gasteiger partial charge in [-0.3, -0.25) is 9.78 Å². The van der Waals surface area contributed by atoms with Crippen molar-refractivity contribution in [3.05, 3.63) is 98.5 Å². The molecule has 8 heteroatoms. The fourth-order valence-corrected chi connectivity index (χ4v) is 4.24. The van der Waals surface area contributed by atoms with E-state index in [0.29, 0.717) is 21.3 Å². The Morgan fingerprint density at radius 2 is 1.84 bits per heavy atom. The first-order valence-electron chi connectivity index (χ1n) is 9.93. The molecule has 166 valence electrons. The minimum absolute atomic E-state index is 0.0432. The van der Waals surface area contributed by atoms with E-state index in [0.717, 1.165) is 0 Å². The van der Waals surface area contributed by atoms with Gasteiger partial charge in [-0.15, -0.1) is 0 Å². The third-order valence-electron chi connectivity index (χ3n) is 5.56. The van der Waals surface area contributed by atoms with E-state index in [1.807, 2.05) is 0 Å². The number of rotatable bonds is 6. The molecule has 2 unspecified atom stereocenters. The van der Waals surface area contributed by atoms with E-state index in [2.05, 4.69) is 4.98 Å². The second-order valence-corrected chi connectivity index (χ2v) is 8.85. The lowest BCUT2D eigenvalue weighted by Gasteiger charge is -2.26. The van der Waals surface area contributed by atoms with Gasteiger partial charge in [-0.25, -0.2) is 4.39 Å². The lowest BCUT2D eigenvalue weighted by atomic mass is 9.90. The van der Waals surface area contributed by atoms with Crippen molar-refractivity contribution in [1.29, 1.82) is 0 Å². The molecule has 0 aliphatic carbocycles. The zero-order valence-electron chi connectivity index (χ0n) is 17.5. The molecule has 2 heterocycles. The van der Waals surface area contributed by atoms with E-state index in [-0.39, 0.29) is 35.7 Å². The average Bonchev–Trinajstić information content (AvgIpc) is 3.03. The molecule has 1 amide bonds. The van der Waals surface area contributed by atoms with Crippen molar-refractivity contribution in [2.24, 2.45) is 0 Å². The molecular weight excluding hydrogens is 454 g/mol. The summed E-state index contributed by atoms with van der Waals surface area (Å²) in [5.41, 5.74) is 0.595. The largest absolute Gasteiger partial charge is 0.383 e. The van der Waals surface area contributed by atoms with E-state index in [4.69, 9.17) is 27.9 Å². The quantitative estimate of drug-likeness (QED) is 0.537. The number of benzene rings is 2. The van der Waals surface area contributed by atoms with Gasteiger partial charge in [0, 0.05) is 29.5 Å². The molecule has 2 aromatic carbocycles. The lowest BCUT2D eigenvalue weighted by Crippen LogP contribution is -2.29. The first-order valence-corrected chi connectivity index (χ1v) is 10.7. The van der Waals surface area contributed by atoms with Gasteiger partial charge in [0.25, 0.3) is 5.91 Å². The molecule has 0 spiro atoms. The van der Waals surface area contributed by atoms with E-state index < -0.39 is 17.5 Å². The summed E-state index contributed by atoms with van der Waals surface area (Å²) in [6.07, 6.45) is 1.50. The first kappa shape index (κ1) is 22.7. The molecule has 0 radical (unpaired) electrons. The molecule has 0 saturated heterocycles. The summed E-state index contributed by atoms with van der Waals surface area (Å²) < 4.78 is 20.5. The van der Waals surface area contributed by atoms with Crippen LogP contribution in [-0.4, -0.2) is 34.6 Å². The van der Waals surface area contributed by atoms with Gasteiger partial charge in [0.1, 0.15) is 11.4 Å². The standard InChI is InChI=1S/C24H21Cl2FN2O3/c1-24(31,13-32-2)15-9-19-21(20(27)10-15)22(14-3-5-16(25)6-4-14)29(23(19)30)12-18-8-7-17(26)11-28-18/h3-11,22,31H,12-13H2,1-2H3. The molecule has 1 aliphatic rings. The summed E-state index contributed by atoms with van der Waals surface area (Å²) in [6.45, 7) is 1.63. The molecule has 32 heavy (non-hydrogen) atoms. The summed E-state index contributed by atoms with van der Waals surface area (Å²) in [4.78, 5) is 19.3. The van der Waals surface area contributed by atoms with Crippen molar-refractivity contribution in [1.82, 2.24) is 9.88 Å². The van der Waals surface area contributed by atoms with Gasteiger partial charge < -0.3 is 14.7 Å². The molecule has 5 nitrogen and oxygen atoms in total. The Kier molecular flexibility index (Phi) is 6.23. The maximum atomic E-state index is 15.5. The Labute approximate surface area is 195 Å². The highest BCUT2D eigenvalue weighted by atomic mass is 35.5. The van der Waals surface area contributed by atoms with Crippen molar-refractivity contribution in [2.75, 3.05) is 13.7 Å². The van der Waals surface area contributed by atoms with Gasteiger partial charge in [-0.1, -0.05) is 35.3 Å². The van der Waals surface area contributed by atoms with Crippen LogP contribution >= 0.6 is 23.2 Å². The van der Waals surface area contributed by atoms with Gasteiger partial charge in [0.05, 0.1) is 29.9 Å². The molecular formula is C24H21Cl2FN2O3. The number of carbonyl (C=O) groups excluding carboxylic acids is 1. The van der Waals surface area contributed by atoms with Crippen LogP contribution in [0.15, 0.2) is 54.7 Å². The number of hydrogen-bond donors (Lipinski definition) is 1. The van der Waals surface area contributed by atoms with Crippen LogP contribution in [0.5, 0.6) is 0 Å². The van der Waals surface area contributed by atoms with Crippen LogP contribution in [0.25, 0.3) is 0 Å².